The van der Waals surface area contributed by atoms with E-state index in [2.05, 4.69) is 5.32 Å². The molecule has 0 aliphatic heterocycles. The number of rotatable bonds is 9. The summed E-state index contributed by atoms with van der Waals surface area (Å²) >= 11 is 0. The number of carbonyl (C=O) groups excluding carboxylic acids is 1. The average molecular weight is 602 g/mol. The molecule has 0 bridgehead atoms. The maximum atomic E-state index is 13.3. The number of hydrogen-bond donors (Lipinski definition) is 1. The van der Waals surface area contributed by atoms with E-state index in [9.17, 15) is 30.0 Å². The van der Waals surface area contributed by atoms with E-state index in [1.165, 1.54) is 0 Å². The van der Waals surface area contributed by atoms with Crippen LogP contribution in [0.5, 0.6) is 5.75 Å². The van der Waals surface area contributed by atoms with Gasteiger partial charge in [-0.1, -0.05) is 18.6 Å². The van der Waals surface area contributed by atoms with Crippen molar-refractivity contribution in [3.8, 4) is 5.75 Å². The molecule has 1 unspecified atom stereocenters. The summed E-state index contributed by atoms with van der Waals surface area (Å²) in [4.78, 5) is 11.0. The molecule has 0 saturated heterocycles. The number of carbonyl (C=O) groups is 1. The second kappa shape index (κ2) is 11.6. The lowest BCUT2D eigenvalue weighted by Gasteiger charge is -2.22. The lowest BCUT2D eigenvalue weighted by atomic mass is 9.98. The molecule has 1 atom stereocenters. The van der Waals surface area contributed by atoms with Crippen LogP contribution in [-0.2, 0) is 45.5 Å². The highest BCUT2D eigenvalue weighted by Crippen LogP contribution is 2.35. The Hall–Kier alpha value is -2.48. The molecule has 0 heterocycles. The van der Waals surface area contributed by atoms with Gasteiger partial charge in [0.15, 0.2) is 36.1 Å². The zero-order valence-corrected chi connectivity index (χ0v) is 25.1. The third-order valence-corrected chi connectivity index (χ3v) is 9.75. The third kappa shape index (κ3) is 8.50. The van der Waals surface area contributed by atoms with Crippen LogP contribution < -0.4 is 10.1 Å². The van der Waals surface area contributed by atoms with Crippen molar-refractivity contribution in [3.63, 3.8) is 0 Å². The molecule has 0 fully saturated rings. The van der Waals surface area contributed by atoms with Crippen molar-refractivity contribution in [2.45, 2.75) is 72.8 Å². The van der Waals surface area contributed by atoms with Crippen LogP contribution in [0.2, 0.25) is 0 Å². The minimum Gasteiger partial charge on any atom is -0.482 e. The lowest BCUT2D eigenvalue weighted by Crippen LogP contribution is -2.29. The van der Waals surface area contributed by atoms with Gasteiger partial charge in [0.25, 0.3) is 0 Å². The Morgan fingerprint density at radius 2 is 1.51 bits per heavy atom. The summed E-state index contributed by atoms with van der Waals surface area (Å²) in [5.74, 6) is -0.524. The lowest BCUT2D eigenvalue weighted by molar-refractivity contribution is -0.157. The van der Waals surface area contributed by atoms with Gasteiger partial charge in [-0.15, -0.1) is 0 Å². The van der Waals surface area contributed by atoms with Crippen LogP contribution >= 0.6 is 0 Å². The molecule has 0 saturated carbocycles. The molecule has 10 nitrogen and oxygen atoms in total. The first kappa shape index (κ1) is 31.1. The molecular formula is C26H35NO9S3. The summed E-state index contributed by atoms with van der Waals surface area (Å²) in [7, 11) is -11.9. The smallest absolute Gasteiger partial charge is 0.344 e. The van der Waals surface area contributed by atoms with Crippen molar-refractivity contribution in [1.82, 2.24) is 5.32 Å². The highest BCUT2D eigenvalue weighted by atomic mass is 32.2. The Labute approximate surface area is 230 Å². The molecule has 0 amide bonds. The Bertz CT molecular complexity index is 1510. The minimum absolute atomic E-state index is 0.264. The van der Waals surface area contributed by atoms with Crippen molar-refractivity contribution in [1.29, 1.82) is 0 Å². The first-order valence-electron chi connectivity index (χ1n) is 12.3. The number of benzene rings is 2. The van der Waals surface area contributed by atoms with Gasteiger partial charge in [0, 0.05) is 18.6 Å². The SMILES string of the molecule is CC(C)(C)OC(=O)COc1cccc2c1CCCCC2NCS(=O)(=O)c1cc(S(C)(=O)=O)cc(S(C)(=O)=O)c1. The van der Waals surface area contributed by atoms with Crippen LogP contribution in [0.1, 0.15) is 57.2 Å². The zero-order valence-electron chi connectivity index (χ0n) is 22.7. The summed E-state index contributed by atoms with van der Waals surface area (Å²) in [5, 5.41) is 3.06. The fourth-order valence-electron chi connectivity index (χ4n) is 4.28. The molecule has 216 valence electrons. The van der Waals surface area contributed by atoms with Gasteiger partial charge < -0.3 is 9.47 Å². The summed E-state index contributed by atoms with van der Waals surface area (Å²) in [5.41, 5.74) is 1.07. The van der Waals surface area contributed by atoms with Crippen molar-refractivity contribution in [3.05, 3.63) is 47.5 Å². The van der Waals surface area contributed by atoms with Gasteiger partial charge in [0.05, 0.1) is 14.7 Å². The van der Waals surface area contributed by atoms with Crippen molar-refractivity contribution >= 4 is 35.5 Å². The van der Waals surface area contributed by atoms with E-state index in [1.807, 2.05) is 6.07 Å². The molecule has 2 aromatic carbocycles. The van der Waals surface area contributed by atoms with E-state index in [0.717, 1.165) is 54.7 Å². The first-order chi connectivity index (χ1) is 17.9. The molecule has 0 aromatic heterocycles. The van der Waals surface area contributed by atoms with Crippen LogP contribution in [0.25, 0.3) is 0 Å². The van der Waals surface area contributed by atoms with Gasteiger partial charge in [0.1, 0.15) is 17.2 Å². The van der Waals surface area contributed by atoms with Gasteiger partial charge in [-0.3, -0.25) is 5.32 Å². The fourth-order valence-corrected chi connectivity index (χ4v) is 7.07. The van der Waals surface area contributed by atoms with Gasteiger partial charge >= 0.3 is 5.97 Å². The molecule has 1 aliphatic carbocycles. The minimum atomic E-state index is -4.12. The zero-order chi connectivity index (χ0) is 29.2. The van der Waals surface area contributed by atoms with Crippen LogP contribution in [0, 0.1) is 0 Å². The molecule has 0 radical (unpaired) electrons. The van der Waals surface area contributed by atoms with E-state index in [4.69, 9.17) is 9.47 Å². The van der Waals surface area contributed by atoms with Crippen molar-refractivity contribution < 1.29 is 39.5 Å². The second-order valence-corrected chi connectivity index (χ2v) is 16.7. The van der Waals surface area contributed by atoms with Crippen LogP contribution in [0.4, 0.5) is 0 Å². The van der Waals surface area contributed by atoms with Crippen LogP contribution in [-0.4, -0.2) is 61.8 Å². The summed E-state index contributed by atoms with van der Waals surface area (Å²) in [6.07, 6.45) is 4.72. The van der Waals surface area contributed by atoms with Gasteiger partial charge in [0.2, 0.25) is 0 Å². The standard InChI is InChI=1S/C26H35NO9S3/c1-26(2,3)36-25(28)16-35-24-12-8-10-21-22(24)9-6-7-11-23(21)27-17-39(33,34)20-14-18(37(4,29)30)13-19(15-20)38(5,31)32/h8,10,12-15,23,27H,6-7,9,11,16-17H2,1-5H3. The number of sulfone groups is 3. The maximum Gasteiger partial charge on any atom is 0.344 e. The summed E-state index contributed by atoms with van der Waals surface area (Å²) in [6.45, 7) is 5.04. The maximum absolute atomic E-state index is 13.3. The highest BCUT2D eigenvalue weighted by molar-refractivity contribution is 7.92. The molecule has 1 N–H and O–H groups in total. The number of fused-ring (bicyclic) bond motifs is 1. The average Bonchev–Trinajstić information content (AvgIpc) is 3.01. The number of esters is 1. The number of hydrogen-bond acceptors (Lipinski definition) is 10. The van der Waals surface area contributed by atoms with Crippen molar-refractivity contribution in [2.24, 2.45) is 0 Å². The Morgan fingerprint density at radius 3 is 2.08 bits per heavy atom. The summed E-state index contributed by atoms with van der Waals surface area (Å²) < 4.78 is 86.1. The van der Waals surface area contributed by atoms with Gasteiger partial charge in [-0.05, 0) is 75.4 Å². The monoisotopic (exact) mass is 601 g/mol. The fraction of sp³-hybridized carbons (Fsp3) is 0.500. The number of nitrogens with one attached hydrogen (secondary N) is 1. The van der Waals surface area contributed by atoms with Gasteiger partial charge in [-0.2, -0.15) is 0 Å². The Morgan fingerprint density at radius 1 is 0.923 bits per heavy atom. The molecule has 3 rings (SSSR count). The Kier molecular flexibility index (Phi) is 9.20. The van der Waals surface area contributed by atoms with Crippen LogP contribution in [0.15, 0.2) is 51.1 Å². The van der Waals surface area contributed by atoms with E-state index in [-0.39, 0.29) is 12.6 Å². The highest BCUT2D eigenvalue weighted by Gasteiger charge is 2.26. The normalized spacial score (nSPS) is 16.7. The van der Waals surface area contributed by atoms with Crippen LogP contribution in [0.3, 0.4) is 0 Å². The van der Waals surface area contributed by atoms with Gasteiger partial charge in [-0.25, -0.2) is 30.0 Å². The quantitative estimate of drug-likeness (QED) is 0.336. The van der Waals surface area contributed by atoms with E-state index >= 15 is 0 Å². The molecule has 1 aliphatic rings. The first-order valence-corrected chi connectivity index (χ1v) is 17.8. The van der Waals surface area contributed by atoms with E-state index in [1.54, 1.807) is 32.9 Å². The Balaban J connectivity index is 1.86. The van der Waals surface area contributed by atoms with E-state index < -0.39 is 61.6 Å². The topological polar surface area (TPSA) is 150 Å². The molecular weight excluding hydrogens is 566 g/mol. The predicted molar refractivity (Wildman–Crippen MR) is 146 cm³/mol. The number of ether oxygens (including phenoxy) is 2. The molecule has 39 heavy (non-hydrogen) atoms. The second-order valence-electron chi connectivity index (χ2n) is 10.6. The van der Waals surface area contributed by atoms with E-state index in [0.29, 0.717) is 18.6 Å². The largest absolute Gasteiger partial charge is 0.482 e. The molecule has 0 spiro atoms. The summed E-state index contributed by atoms with van der Waals surface area (Å²) in [6, 6.07) is 7.94. The molecule has 2 aromatic rings. The third-order valence-electron chi connectivity index (χ3n) is 6.07. The molecule has 13 heteroatoms. The van der Waals surface area contributed by atoms with Crippen molar-refractivity contribution in [2.75, 3.05) is 25.0 Å². The predicted octanol–water partition coefficient (Wildman–Crippen LogP) is 3.00.